The Morgan fingerprint density at radius 3 is 2.50 bits per heavy atom. The Bertz CT molecular complexity index is 354. The van der Waals surface area contributed by atoms with E-state index < -0.39 is 0 Å². The molecule has 0 heterocycles. The molecule has 0 atom stereocenters. The van der Waals surface area contributed by atoms with E-state index in [0.29, 0.717) is 6.10 Å². The summed E-state index contributed by atoms with van der Waals surface area (Å²) in [6, 6.07) is 6.28. The maximum atomic E-state index is 6.04. The zero-order valence-electron chi connectivity index (χ0n) is 10.0. The Morgan fingerprint density at radius 1 is 1.19 bits per heavy atom. The highest BCUT2D eigenvalue weighted by Gasteiger charge is 2.20. The average Bonchev–Trinajstić information content (AvgIpc) is 2.25. The Hall–Kier alpha value is -0.500. The van der Waals surface area contributed by atoms with Crippen LogP contribution in [-0.2, 0) is 0 Å². The summed E-state index contributed by atoms with van der Waals surface area (Å²) in [6.45, 7) is 4.43. The first-order valence-electron chi connectivity index (χ1n) is 6.08. The second-order valence-electron chi connectivity index (χ2n) is 4.93. The molecule has 2 rings (SSSR count). The highest BCUT2D eigenvalue weighted by Crippen LogP contribution is 2.31. The first-order chi connectivity index (χ1) is 7.65. The minimum atomic E-state index is 0.412. The molecule has 1 saturated carbocycles. The van der Waals surface area contributed by atoms with E-state index in [9.17, 15) is 0 Å². The fraction of sp³-hybridized carbons (Fsp3) is 0.571. The van der Waals surface area contributed by atoms with E-state index in [-0.39, 0.29) is 0 Å². The first kappa shape index (κ1) is 12.0. The molecule has 2 heteroatoms. The summed E-state index contributed by atoms with van der Waals surface area (Å²) in [6.07, 6.45) is 5.40. The lowest BCUT2D eigenvalue weighted by atomic mass is 9.89. The third-order valence-electron chi connectivity index (χ3n) is 3.34. The second-order valence-corrected chi connectivity index (χ2v) is 5.79. The molecule has 1 aliphatic carbocycles. The van der Waals surface area contributed by atoms with Gasteiger partial charge in [-0.1, -0.05) is 13.0 Å². The summed E-state index contributed by atoms with van der Waals surface area (Å²) in [5.41, 5.74) is 1.26. The summed E-state index contributed by atoms with van der Waals surface area (Å²) in [5.74, 6) is 1.87. The van der Waals surface area contributed by atoms with Gasteiger partial charge in [-0.05, 0) is 72.2 Å². The minimum absolute atomic E-state index is 0.412. The fourth-order valence-electron chi connectivity index (χ4n) is 2.23. The quantitative estimate of drug-likeness (QED) is 0.763. The monoisotopic (exact) mass is 282 g/mol. The molecule has 16 heavy (non-hydrogen) atoms. The highest BCUT2D eigenvalue weighted by molar-refractivity contribution is 9.10. The smallest absolute Gasteiger partial charge is 0.133 e. The zero-order chi connectivity index (χ0) is 11.5. The molecule has 0 aliphatic heterocycles. The van der Waals surface area contributed by atoms with Crippen LogP contribution in [0.2, 0.25) is 0 Å². The van der Waals surface area contributed by atoms with Crippen LogP contribution in [0.1, 0.15) is 38.2 Å². The van der Waals surface area contributed by atoms with Gasteiger partial charge in [0.25, 0.3) is 0 Å². The molecular formula is C14H19BrO. The molecule has 1 aromatic carbocycles. The van der Waals surface area contributed by atoms with Crippen molar-refractivity contribution in [3.05, 3.63) is 28.2 Å². The molecule has 0 N–H and O–H groups in total. The van der Waals surface area contributed by atoms with Crippen molar-refractivity contribution in [2.45, 2.75) is 45.6 Å². The van der Waals surface area contributed by atoms with Crippen molar-refractivity contribution < 1.29 is 4.74 Å². The van der Waals surface area contributed by atoms with Crippen LogP contribution < -0.4 is 4.74 Å². The van der Waals surface area contributed by atoms with Crippen LogP contribution in [0, 0.1) is 12.8 Å². The maximum absolute atomic E-state index is 6.04. The van der Waals surface area contributed by atoms with Gasteiger partial charge in [0, 0.05) is 0 Å². The molecule has 1 fully saturated rings. The number of benzene rings is 1. The summed E-state index contributed by atoms with van der Waals surface area (Å²) < 4.78 is 7.12. The predicted molar refractivity (Wildman–Crippen MR) is 70.9 cm³/mol. The largest absolute Gasteiger partial charge is 0.489 e. The van der Waals surface area contributed by atoms with E-state index >= 15 is 0 Å². The summed E-state index contributed by atoms with van der Waals surface area (Å²) in [7, 11) is 0. The van der Waals surface area contributed by atoms with Crippen LogP contribution in [0.4, 0.5) is 0 Å². The summed E-state index contributed by atoms with van der Waals surface area (Å²) >= 11 is 3.56. The average molecular weight is 283 g/mol. The standard InChI is InChI=1S/C14H19BrO/c1-10-3-6-12(7-4-10)16-14-8-5-11(2)9-13(14)15/h5,8-10,12H,3-4,6-7H2,1-2H3. The van der Waals surface area contributed by atoms with Gasteiger partial charge in [0.15, 0.2) is 0 Å². The highest BCUT2D eigenvalue weighted by atomic mass is 79.9. The van der Waals surface area contributed by atoms with Crippen molar-refractivity contribution in [1.29, 1.82) is 0 Å². The van der Waals surface area contributed by atoms with Crippen LogP contribution in [0.5, 0.6) is 5.75 Å². The lowest BCUT2D eigenvalue weighted by Crippen LogP contribution is -2.23. The molecule has 88 valence electrons. The van der Waals surface area contributed by atoms with Gasteiger partial charge in [0.2, 0.25) is 0 Å². The van der Waals surface area contributed by atoms with E-state index in [1.165, 1.54) is 31.2 Å². The normalized spacial score (nSPS) is 25.4. The molecule has 1 nitrogen and oxygen atoms in total. The molecule has 0 radical (unpaired) electrons. The van der Waals surface area contributed by atoms with E-state index in [2.05, 4.69) is 48.0 Å². The number of aryl methyl sites for hydroxylation is 1. The fourth-order valence-corrected chi connectivity index (χ4v) is 2.82. The van der Waals surface area contributed by atoms with Gasteiger partial charge >= 0.3 is 0 Å². The SMILES string of the molecule is Cc1ccc(OC2CCC(C)CC2)c(Br)c1. The van der Waals surface area contributed by atoms with E-state index in [4.69, 9.17) is 4.74 Å². The maximum Gasteiger partial charge on any atom is 0.133 e. The molecular weight excluding hydrogens is 264 g/mol. The molecule has 1 aliphatic rings. The van der Waals surface area contributed by atoms with Crippen LogP contribution >= 0.6 is 15.9 Å². The van der Waals surface area contributed by atoms with Gasteiger partial charge in [-0.2, -0.15) is 0 Å². The van der Waals surface area contributed by atoms with Gasteiger partial charge in [-0.25, -0.2) is 0 Å². The minimum Gasteiger partial charge on any atom is -0.489 e. The van der Waals surface area contributed by atoms with Crippen molar-refractivity contribution in [3.63, 3.8) is 0 Å². The number of rotatable bonds is 2. The van der Waals surface area contributed by atoms with Crippen molar-refractivity contribution in [3.8, 4) is 5.75 Å². The number of ether oxygens (including phenoxy) is 1. The number of hydrogen-bond donors (Lipinski definition) is 0. The molecule has 0 saturated heterocycles. The Labute approximate surface area is 106 Å². The third-order valence-corrected chi connectivity index (χ3v) is 3.96. The van der Waals surface area contributed by atoms with Crippen LogP contribution in [0.15, 0.2) is 22.7 Å². The zero-order valence-corrected chi connectivity index (χ0v) is 11.6. The first-order valence-corrected chi connectivity index (χ1v) is 6.87. The molecule has 0 spiro atoms. The number of hydrogen-bond acceptors (Lipinski definition) is 1. The molecule has 0 unspecified atom stereocenters. The molecule has 1 aromatic rings. The summed E-state index contributed by atoms with van der Waals surface area (Å²) in [5, 5.41) is 0. The van der Waals surface area contributed by atoms with Crippen LogP contribution in [0.3, 0.4) is 0 Å². The predicted octanol–water partition coefficient (Wildman–Crippen LogP) is 4.72. The van der Waals surface area contributed by atoms with E-state index in [0.717, 1.165) is 16.1 Å². The topological polar surface area (TPSA) is 9.23 Å². The van der Waals surface area contributed by atoms with Crippen LogP contribution in [0.25, 0.3) is 0 Å². The van der Waals surface area contributed by atoms with Gasteiger partial charge < -0.3 is 4.74 Å². The van der Waals surface area contributed by atoms with E-state index in [1.807, 2.05) is 0 Å². The van der Waals surface area contributed by atoms with Crippen molar-refractivity contribution >= 4 is 15.9 Å². The molecule has 0 amide bonds. The number of halogens is 1. The van der Waals surface area contributed by atoms with Gasteiger partial charge in [0.05, 0.1) is 10.6 Å². The lowest BCUT2D eigenvalue weighted by Gasteiger charge is -2.27. The molecule has 0 aromatic heterocycles. The Balaban J connectivity index is 1.98. The molecule has 0 bridgehead atoms. The lowest BCUT2D eigenvalue weighted by molar-refractivity contribution is 0.134. The third kappa shape index (κ3) is 3.00. The van der Waals surface area contributed by atoms with E-state index in [1.54, 1.807) is 0 Å². The Kier molecular flexibility index (Phi) is 3.91. The summed E-state index contributed by atoms with van der Waals surface area (Å²) in [4.78, 5) is 0. The van der Waals surface area contributed by atoms with Crippen molar-refractivity contribution in [1.82, 2.24) is 0 Å². The van der Waals surface area contributed by atoms with Crippen molar-refractivity contribution in [2.75, 3.05) is 0 Å². The van der Waals surface area contributed by atoms with Gasteiger partial charge in [-0.15, -0.1) is 0 Å². The van der Waals surface area contributed by atoms with Gasteiger partial charge in [-0.3, -0.25) is 0 Å². The Morgan fingerprint density at radius 2 is 1.88 bits per heavy atom. The van der Waals surface area contributed by atoms with Gasteiger partial charge in [0.1, 0.15) is 5.75 Å². The second kappa shape index (κ2) is 5.22. The van der Waals surface area contributed by atoms with Crippen molar-refractivity contribution in [2.24, 2.45) is 5.92 Å². The van der Waals surface area contributed by atoms with Crippen LogP contribution in [-0.4, -0.2) is 6.10 Å².